The second kappa shape index (κ2) is 5.62. The topological polar surface area (TPSA) is 92.7 Å². The van der Waals surface area contributed by atoms with E-state index in [-0.39, 0.29) is 11.5 Å². The average molecular weight is 331 g/mol. The molecule has 23 heavy (non-hydrogen) atoms. The van der Waals surface area contributed by atoms with Crippen molar-refractivity contribution in [3.63, 3.8) is 0 Å². The number of hydrogen-bond donors (Lipinski definition) is 2. The number of carbonyl (C=O) groups excluding carboxylic acids is 1. The molecule has 120 valence electrons. The summed E-state index contributed by atoms with van der Waals surface area (Å²) in [6, 6.07) is 1.92. The van der Waals surface area contributed by atoms with Crippen molar-refractivity contribution in [2.75, 3.05) is 0 Å². The van der Waals surface area contributed by atoms with Crippen LogP contribution in [0.3, 0.4) is 0 Å². The summed E-state index contributed by atoms with van der Waals surface area (Å²) >= 11 is 1.24. The molecule has 3 rings (SSSR count). The fourth-order valence-corrected chi connectivity index (χ4v) is 3.69. The van der Waals surface area contributed by atoms with Crippen LogP contribution in [0.15, 0.2) is 10.9 Å². The number of hydrogen-bond acceptors (Lipinski definition) is 5. The molecule has 0 fully saturated rings. The standard InChI is InChI=1S/C15H17N5O2S/c1-7-5-10(20(4)19-7)6-16-14(22)12-8(2)11-13(21)17-9(3)18-15(11)23-12/h5H,6H2,1-4H3,(H,16,22)(H,17,18,21). The highest BCUT2D eigenvalue weighted by atomic mass is 32.1. The Morgan fingerprint density at radius 2 is 2.13 bits per heavy atom. The van der Waals surface area contributed by atoms with Gasteiger partial charge in [-0.25, -0.2) is 4.98 Å². The van der Waals surface area contributed by atoms with Crippen LogP contribution in [0, 0.1) is 20.8 Å². The second-order valence-corrected chi connectivity index (χ2v) is 6.47. The molecule has 8 heteroatoms. The Hall–Kier alpha value is -2.48. The zero-order valence-corrected chi connectivity index (χ0v) is 14.2. The minimum absolute atomic E-state index is 0.206. The number of nitrogens with one attached hydrogen (secondary N) is 2. The number of thiophene rings is 1. The number of rotatable bonds is 3. The minimum Gasteiger partial charge on any atom is -0.346 e. The van der Waals surface area contributed by atoms with Crippen molar-refractivity contribution in [3.8, 4) is 0 Å². The molecular weight excluding hydrogens is 314 g/mol. The molecule has 0 aromatic carbocycles. The van der Waals surface area contributed by atoms with E-state index in [9.17, 15) is 9.59 Å². The lowest BCUT2D eigenvalue weighted by Crippen LogP contribution is -2.23. The quantitative estimate of drug-likeness (QED) is 0.762. The predicted octanol–water partition coefficient (Wildman–Crippen LogP) is 1.57. The zero-order valence-electron chi connectivity index (χ0n) is 13.4. The predicted molar refractivity (Wildman–Crippen MR) is 88.8 cm³/mol. The molecule has 0 saturated carbocycles. The highest BCUT2D eigenvalue weighted by molar-refractivity contribution is 7.20. The summed E-state index contributed by atoms with van der Waals surface area (Å²) in [6.07, 6.45) is 0. The summed E-state index contributed by atoms with van der Waals surface area (Å²) < 4.78 is 1.74. The van der Waals surface area contributed by atoms with Gasteiger partial charge in [-0.05, 0) is 32.4 Å². The third-order valence-electron chi connectivity index (χ3n) is 3.65. The van der Waals surface area contributed by atoms with E-state index in [0.717, 1.165) is 11.4 Å². The number of carbonyl (C=O) groups is 1. The van der Waals surface area contributed by atoms with Crippen LogP contribution in [-0.4, -0.2) is 25.7 Å². The Labute approximate surface area is 136 Å². The van der Waals surface area contributed by atoms with Crippen LogP contribution in [0.4, 0.5) is 0 Å². The monoisotopic (exact) mass is 331 g/mol. The number of aryl methyl sites for hydroxylation is 4. The normalized spacial score (nSPS) is 11.1. The van der Waals surface area contributed by atoms with Crippen LogP contribution in [0.2, 0.25) is 0 Å². The van der Waals surface area contributed by atoms with Crippen molar-refractivity contribution in [2.24, 2.45) is 7.05 Å². The number of aromatic nitrogens is 4. The van der Waals surface area contributed by atoms with Gasteiger partial charge in [-0.15, -0.1) is 11.3 Å². The van der Waals surface area contributed by atoms with Crippen molar-refractivity contribution in [2.45, 2.75) is 27.3 Å². The first-order chi connectivity index (χ1) is 10.9. The molecule has 0 radical (unpaired) electrons. The SMILES string of the molecule is Cc1cc(CNC(=O)c2sc3nc(C)[nH]c(=O)c3c2C)n(C)n1. The second-order valence-electron chi connectivity index (χ2n) is 5.47. The fourth-order valence-electron chi connectivity index (χ4n) is 2.55. The van der Waals surface area contributed by atoms with Gasteiger partial charge in [-0.1, -0.05) is 0 Å². The van der Waals surface area contributed by atoms with E-state index < -0.39 is 0 Å². The first-order valence-corrected chi connectivity index (χ1v) is 7.96. The van der Waals surface area contributed by atoms with Crippen LogP contribution >= 0.6 is 11.3 Å². The third kappa shape index (κ3) is 2.77. The van der Waals surface area contributed by atoms with E-state index in [2.05, 4.69) is 20.4 Å². The lowest BCUT2D eigenvalue weighted by molar-refractivity contribution is 0.0953. The van der Waals surface area contributed by atoms with Crippen LogP contribution in [0.25, 0.3) is 10.2 Å². The Kier molecular flexibility index (Phi) is 3.77. The van der Waals surface area contributed by atoms with E-state index >= 15 is 0 Å². The molecule has 0 aliphatic rings. The molecule has 0 bridgehead atoms. The summed E-state index contributed by atoms with van der Waals surface area (Å²) in [6.45, 7) is 5.78. The summed E-state index contributed by atoms with van der Waals surface area (Å²) in [5.41, 5.74) is 2.28. The van der Waals surface area contributed by atoms with Gasteiger partial charge in [0.2, 0.25) is 0 Å². The highest BCUT2D eigenvalue weighted by Crippen LogP contribution is 2.26. The lowest BCUT2D eigenvalue weighted by Gasteiger charge is -2.04. The van der Waals surface area contributed by atoms with Crippen molar-refractivity contribution in [1.82, 2.24) is 25.1 Å². The Morgan fingerprint density at radius 1 is 1.39 bits per heavy atom. The largest absolute Gasteiger partial charge is 0.346 e. The molecule has 3 aromatic rings. The van der Waals surface area contributed by atoms with Gasteiger partial charge in [0.1, 0.15) is 10.7 Å². The van der Waals surface area contributed by atoms with E-state index in [0.29, 0.717) is 33.0 Å². The van der Waals surface area contributed by atoms with Gasteiger partial charge in [-0.2, -0.15) is 5.10 Å². The number of aromatic amines is 1. The maximum absolute atomic E-state index is 12.5. The van der Waals surface area contributed by atoms with Crippen molar-refractivity contribution < 1.29 is 4.79 Å². The Bertz CT molecular complexity index is 966. The summed E-state index contributed by atoms with van der Waals surface area (Å²) in [4.78, 5) is 32.6. The van der Waals surface area contributed by atoms with Gasteiger partial charge in [0.05, 0.1) is 28.2 Å². The molecule has 3 heterocycles. The smallest absolute Gasteiger partial charge is 0.262 e. The fraction of sp³-hybridized carbons (Fsp3) is 0.333. The Balaban J connectivity index is 1.89. The molecular formula is C15H17N5O2S. The van der Waals surface area contributed by atoms with Gasteiger partial charge < -0.3 is 10.3 Å². The van der Waals surface area contributed by atoms with E-state index in [1.807, 2.05) is 20.0 Å². The molecule has 0 atom stereocenters. The molecule has 0 spiro atoms. The van der Waals surface area contributed by atoms with E-state index in [1.54, 1.807) is 18.5 Å². The van der Waals surface area contributed by atoms with Crippen molar-refractivity contribution in [3.05, 3.63) is 44.1 Å². The van der Waals surface area contributed by atoms with Gasteiger partial charge in [0.15, 0.2) is 0 Å². The third-order valence-corrected chi connectivity index (χ3v) is 4.84. The number of amides is 1. The molecule has 0 unspecified atom stereocenters. The molecule has 1 amide bonds. The summed E-state index contributed by atoms with van der Waals surface area (Å²) in [7, 11) is 1.84. The maximum atomic E-state index is 12.5. The highest BCUT2D eigenvalue weighted by Gasteiger charge is 2.19. The minimum atomic E-state index is -0.207. The molecule has 3 aromatic heterocycles. The van der Waals surface area contributed by atoms with Gasteiger partial charge in [0, 0.05) is 7.05 Å². The van der Waals surface area contributed by atoms with Crippen LogP contribution in [0.1, 0.15) is 32.4 Å². The first-order valence-electron chi connectivity index (χ1n) is 7.14. The average Bonchev–Trinajstić information content (AvgIpc) is 2.96. The molecule has 0 aliphatic heterocycles. The number of fused-ring (bicyclic) bond motifs is 1. The van der Waals surface area contributed by atoms with Crippen LogP contribution in [0.5, 0.6) is 0 Å². The number of nitrogens with zero attached hydrogens (tertiary/aromatic N) is 3. The van der Waals surface area contributed by atoms with Crippen LogP contribution < -0.4 is 10.9 Å². The van der Waals surface area contributed by atoms with Gasteiger partial charge >= 0.3 is 0 Å². The first kappa shape index (κ1) is 15.4. The summed E-state index contributed by atoms with van der Waals surface area (Å²) in [5, 5.41) is 7.61. The van der Waals surface area contributed by atoms with Gasteiger partial charge in [0.25, 0.3) is 11.5 Å². The van der Waals surface area contributed by atoms with E-state index in [1.165, 1.54) is 11.3 Å². The van der Waals surface area contributed by atoms with E-state index in [4.69, 9.17) is 0 Å². The number of H-pyrrole nitrogens is 1. The van der Waals surface area contributed by atoms with Crippen molar-refractivity contribution >= 4 is 27.5 Å². The molecule has 2 N–H and O–H groups in total. The molecule has 0 saturated heterocycles. The maximum Gasteiger partial charge on any atom is 0.262 e. The van der Waals surface area contributed by atoms with Gasteiger partial charge in [-0.3, -0.25) is 14.3 Å². The summed E-state index contributed by atoms with van der Waals surface area (Å²) in [5.74, 6) is 0.336. The van der Waals surface area contributed by atoms with Crippen LogP contribution in [-0.2, 0) is 13.6 Å². The molecule has 0 aliphatic carbocycles. The zero-order chi connectivity index (χ0) is 16.7. The molecule has 7 nitrogen and oxygen atoms in total. The Morgan fingerprint density at radius 3 is 2.78 bits per heavy atom. The van der Waals surface area contributed by atoms with Crippen molar-refractivity contribution in [1.29, 1.82) is 0 Å². The lowest BCUT2D eigenvalue weighted by atomic mass is 10.2.